The number of nitrogens with zero attached hydrogens (tertiary/aromatic N) is 5. The number of carbonyl (C=O) groups excluding carboxylic acids is 1. The number of rotatable bonds is 5. The van der Waals surface area contributed by atoms with Crippen molar-refractivity contribution < 1.29 is 14.1 Å². The minimum Gasteiger partial charge on any atom is -0.365 e. The lowest BCUT2D eigenvalue weighted by Gasteiger charge is -2.31. The molecule has 1 fully saturated rings. The molecule has 158 valence electrons. The number of amides is 1. The van der Waals surface area contributed by atoms with Crippen LogP contribution in [0.15, 0.2) is 59.5 Å². The highest BCUT2D eigenvalue weighted by atomic mass is 16.5. The highest BCUT2D eigenvalue weighted by Crippen LogP contribution is 2.25. The van der Waals surface area contributed by atoms with E-state index in [1.165, 1.54) is 16.5 Å². The van der Waals surface area contributed by atoms with Gasteiger partial charge < -0.3 is 18.7 Å². The number of aryl methyl sites for hydroxylation is 2. The number of benzene rings is 1. The second-order valence-corrected chi connectivity index (χ2v) is 7.68. The number of para-hydroxylation sites is 1. The van der Waals surface area contributed by atoms with E-state index in [1.807, 2.05) is 36.2 Å². The van der Waals surface area contributed by atoms with E-state index in [2.05, 4.69) is 38.0 Å². The largest absolute Gasteiger partial charge is 0.365 e. The number of ether oxygens (including phenoxy) is 1. The second kappa shape index (κ2) is 8.31. The SMILES string of the molecule is Cn1cc(CCC(=O)N2CCO[C@@H](c3nc(-c4cccnc4)no3)C2)c2ccccc21. The Morgan fingerprint density at radius 3 is 3.00 bits per heavy atom. The number of morpholine rings is 1. The van der Waals surface area contributed by atoms with E-state index in [4.69, 9.17) is 9.26 Å². The molecule has 0 radical (unpaired) electrons. The lowest BCUT2D eigenvalue weighted by Crippen LogP contribution is -2.42. The average molecular weight is 417 g/mol. The normalized spacial score (nSPS) is 16.7. The molecule has 8 heteroatoms. The minimum atomic E-state index is -0.423. The fraction of sp³-hybridized carbons (Fsp3) is 0.304. The first-order valence-corrected chi connectivity index (χ1v) is 10.4. The molecular formula is C23H23N5O3. The molecule has 8 nitrogen and oxygen atoms in total. The van der Waals surface area contributed by atoms with Crippen molar-refractivity contribution in [2.75, 3.05) is 19.7 Å². The summed E-state index contributed by atoms with van der Waals surface area (Å²) in [5, 5.41) is 5.23. The molecule has 1 amide bonds. The van der Waals surface area contributed by atoms with Gasteiger partial charge in [-0.25, -0.2) is 0 Å². The zero-order valence-corrected chi connectivity index (χ0v) is 17.3. The molecule has 5 rings (SSSR count). The van der Waals surface area contributed by atoms with Crippen LogP contribution in [0, 0.1) is 0 Å². The van der Waals surface area contributed by atoms with Crippen molar-refractivity contribution in [2.45, 2.75) is 18.9 Å². The summed E-state index contributed by atoms with van der Waals surface area (Å²) in [6, 6.07) is 11.9. The average Bonchev–Trinajstić information content (AvgIpc) is 3.44. The summed E-state index contributed by atoms with van der Waals surface area (Å²) in [6.45, 7) is 1.41. The van der Waals surface area contributed by atoms with E-state index in [0.717, 1.165) is 5.56 Å². The van der Waals surface area contributed by atoms with E-state index in [0.29, 0.717) is 44.3 Å². The molecular weight excluding hydrogens is 394 g/mol. The maximum Gasteiger partial charge on any atom is 0.257 e. The number of aromatic nitrogens is 4. The van der Waals surface area contributed by atoms with Crippen LogP contribution in [0.2, 0.25) is 0 Å². The van der Waals surface area contributed by atoms with Crippen molar-refractivity contribution >= 4 is 16.8 Å². The van der Waals surface area contributed by atoms with Crippen molar-refractivity contribution in [2.24, 2.45) is 7.05 Å². The lowest BCUT2D eigenvalue weighted by molar-refractivity contribution is -0.140. The Balaban J connectivity index is 1.24. The van der Waals surface area contributed by atoms with Crippen molar-refractivity contribution in [3.63, 3.8) is 0 Å². The summed E-state index contributed by atoms with van der Waals surface area (Å²) in [5.74, 6) is 0.949. The molecule has 0 bridgehead atoms. The van der Waals surface area contributed by atoms with Gasteiger partial charge in [-0.05, 0) is 30.2 Å². The van der Waals surface area contributed by atoms with Crippen LogP contribution in [-0.4, -0.2) is 50.2 Å². The highest BCUT2D eigenvalue weighted by Gasteiger charge is 2.29. The van der Waals surface area contributed by atoms with Crippen LogP contribution in [0.1, 0.15) is 24.0 Å². The van der Waals surface area contributed by atoms with Crippen molar-refractivity contribution in [3.05, 3.63) is 66.4 Å². The third kappa shape index (κ3) is 3.94. The first kappa shape index (κ1) is 19.4. The topological polar surface area (TPSA) is 86.3 Å². The van der Waals surface area contributed by atoms with Gasteiger partial charge in [0.2, 0.25) is 11.7 Å². The smallest absolute Gasteiger partial charge is 0.257 e. The molecule has 0 spiro atoms. The van der Waals surface area contributed by atoms with Crippen molar-refractivity contribution in [1.82, 2.24) is 24.6 Å². The Labute approximate surface area is 179 Å². The molecule has 31 heavy (non-hydrogen) atoms. The summed E-state index contributed by atoms with van der Waals surface area (Å²) in [4.78, 5) is 23.3. The Kier molecular flexibility index (Phi) is 5.21. The predicted molar refractivity (Wildman–Crippen MR) is 114 cm³/mol. The van der Waals surface area contributed by atoms with Crippen molar-refractivity contribution in [3.8, 4) is 11.4 Å². The van der Waals surface area contributed by atoms with E-state index < -0.39 is 6.10 Å². The molecule has 4 heterocycles. The van der Waals surface area contributed by atoms with E-state index in [9.17, 15) is 4.79 Å². The Morgan fingerprint density at radius 1 is 1.23 bits per heavy atom. The van der Waals surface area contributed by atoms with Gasteiger partial charge in [-0.2, -0.15) is 4.98 Å². The van der Waals surface area contributed by atoms with Gasteiger partial charge >= 0.3 is 0 Å². The molecule has 0 aliphatic carbocycles. The second-order valence-electron chi connectivity index (χ2n) is 7.68. The van der Waals surface area contributed by atoms with Gasteiger partial charge in [0.25, 0.3) is 5.89 Å². The molecule has 1 aliphatic heterocycles. The Bertz CT molecular complexity index is 1200. The monoisotopic (exact) mass is 417 g/mol. The van der Waals surface area contributed by atoms with Crippen LogP contribution < -0.4 is 0 Å². The number of fused-ring (bicyclic) bond motifs is 1. The van der Waals surface area contributed by atoms with Gasteiger partial charge in [-0.3, -0.25) is 9.78 Å². The molecule has 0 saturated carbocycles. The summed E-state index contributed by atoms with van der Waals surface area (Å²) < 4.78 is 13.3. The van der Waals surface area contributed by atoms with Crippen LogP contribution in [0.25, 0.3) is 22.3 Å². The predicted octanol–water partition coefficient (Wildman–Crippen LogP) is 3.16. The van der Waals surface area contributed by atoms with Gasteiger partial charge in [-0.15, -0.1) is 0 Å². The van der Waals surface area contributed by atoms with Crippen LogP contribution in [0.4, 0.5) is 0 Å². The number of carbonyl (C=O) groups is 1. The zero-order chi connectivity index (χ0) is 21.2. The fourth-order valence-electron chi connectivity index (χ4n) is 4.03. The molecule has 1 aromatic carbocycles. The standard InChI is InChI=1S/C23H23N5O3/c1-27-14-17(18-6-2-3-7-19(18)27)8-9-21(29)28-11-12-30-20(15-28)23-25-22(26-31-23)16-5-4-10-24-13-16/h2-7,10,13-14,20H,8-9,11-12,15H2,1H3/t20-/m1/s1. The van der Waals surface area contributed by atoms with Gasteiger partial charge in [0, 0.05) is 55.1 Å². The molecule has 3 aromatic heterocycles. The third-order valence-electron chi connectivity index (χ3n) is 5.64. The molecule has 1 aliphatic rings. The van der Waals surface area contributed by atoms with E-state index in [1.54, 1.807) is 12.4 Å². The maximum absolute atomic E-state index is 12.9. The van der Waals surface area contributed by atoms with Crippen LogP contribution in [-0.2, 0) is 23.0 Å². The number of hydrogen-bond acceptors (Lipinski definition) is 6. The van der Waals surface area contributed by atoms with E-state index in [-0.39, 0.29) is 5.91 Å². The summed E-state index contributed by atoms with van der Waals surface area (Å²) in [5.41, 5.74) is 3.14. The van der Waals surface area contributed by atoms with Gasteiger partial charge in [0.05, 0.1) is 13.2 Å². The summed E-state index contributed by atoms with van der Waals surface area (Å²) in [6.07, 6.45) is 6.21. The minimum absolute atomic E-state index is 0.105. The summed E-state index contributed by atoms with van der Waals surface area (Å²) in [7, 11) is 2.03. The van der Waals surface area contributed by atoms with Crippen LogP contribution in [0.3, 0.4) is 0 Å². The first-order chi connectivity index (χ1) is 15.2. The van der Waals surface area contributed by atoms with Gasteiger partial charge in [-0.1, -0.05) is 23.4 Å². The molecule has 4 aromatic rings. The maximum atomic E-state index is 12.9. The zero-order valence-electron chi connectivity index (χ0n) is 17.3. The van der Waals surface area contributed by atoms with Crippen LogP contribution >= 0.6 is 0 Å². The Morgan fingerprint density at radius 2 is 2.13 bits per heavy atom. The van der Waals surface area contributed by atoms with Crippen molar-refractivity contribution in [1.29, 1.82) is 0 Å². The highest BCUT2D eigenvalue weighted by molar-refractivity contribution is 5.85. The molecule has 1 atom stereocenters. The van der Waals surface area contributed by atoms with Gasteiger partial charge in [0.15, 0.2) is 6.10 Å². The third-order valence-corrected chi connectivity index (χ3v) is 5.64. The lowest BCUT2D eigenvalue weighted by atomic mass is 10.1. The summed E-state index contributed by atoms with van der Waals surface area (Å²) >= 11 is 0. The fourth-order valence-corrected chi connectivity index (χ4v) is 4.03. The van der Waals surface area contributed by atoms with E-state index >= 15 is 0 Å². The Hall–Kier alpha value is -3.52. The quantitative estimate of drug-likeness (QED) is 0.496. The van der Waals surface area contributed by atoms with Gasteiger partial charge in [0.1, 0.15) is 0 Å². The van der Waals surface area contributed by atoms with Crippen LogP contribution in [0.5, 0.6) is 0 Å². The molecule has 0 N–H and O–H groups in total. The first-order valence-electron chi connectivity index (χ1n) is 10.4. The number of pyridine rings is 1. The molecule has 0 unspecified atom stereocenters. The molecule has 1 saturated heterocycles. The number of hydrogen-bond donors (Lipinski definition) is 0.